The number of nitrogens with one attached hydrogen (secondary N) is 2. The van der Waals surface area contributed by atoms with E-state index in [1.165, 1.54) is 0 Å². The Labute approximate surface area is 186 Å². The topological polar surface area (TPSA) is 93.8 Å². The molecule has 0 aliphatic rings. The Morgan fingerprint density at radius 1 is 1.16 bits per heavy atom. The summed E-state index contributed by atoms with van der Waals surface area (Å²) in [6.45, 7) is 1.86. The molecule has 31 heavy (non-hydrogen) atoms. The third-order valence-electron chi connectivity index (χ3n) is 4.28. The fourth-order valence-corrected chi connectivity index (χ4v) is 2.86. The number of aliphatic imine (C=N–C) groups is 1. The summed E-state index contributed by atoms with van der Waals surface area (Å²) in [5.41, 5.74) is 1.73. The van der Waals surface area contributed by atoms with Gasteiger partial charge >= 0.3 is 0 Å². The lowest BCUT2D eigenvalue weighted by molar-refractivity contribution is 0.172. The van der Waals surface area contributed by atoms with Crippen LogP contribution in [0.25, 0.3) is 11.4 Å². The predicted octanol–water partition coefficient (Wildman–Crippen LogP) is 4.04. The third kappa shape index (κ3) is 7.27. The van der Waals surface area contributed by atoms with Crippen molar-refractivity contribution in [2.45, 2.75) is 12.8 Å². The maximum Gasteiger partial charge on any atom is 0.228 e. The van der Waals surface area contributed by atoms with Crippen molar-refractivity contribution < 1.29 is 14.0 Å². The zero-order chi connectivity index (χ0) is 21.9. The van der Waals surface area contributed by atoms with Crippen molar-refractivity contribution in [3.05, 3.63) is 59.4 Å². The Hall–Kier alpha value is -3.10. The number of hydrogen-bond acceptors (Lipinski definition) is 6. The number of halogens is 1. The minimum absolute atomic E-state index is 0.538. The van der Waals surface area contributed by atoms with E-state index in [0.29, 0.717) is 48.9 Å². The molecule has 0 unspecified atom stereocenters. The Balaban J connectivity index is 1.47. The summed E-state index contributed by atoms with van der Waals surface area (Å²) in [7, 11) is 3.39. The van der Waals surface area contributed by atoms with Crippen LogP contribution in [0.4, 0.5) is 5.69 Å². The molecule has 3 aromatic rings. The maximum atomic E-state index is 5.92. The number of rotatable bonds is 10. The Morgan fingerprint density at radius 3 is 2.77 bits per heavy atom. The molecular formula is C22H26ClN5O3. The number of benzene rings is 2. The summed E-state index contributed by atoms with van der Waals surface area (Å²) in [6.07, 6.45) is 1.40. The van der Waals surface area contributed by atoms with Gasteiger partial charge in [-0.15, -0.1) is 0 Å². The van der Waals surface area contributed by atoms with Crippen molar-refractivity contribution >= 4 is 23.2 Å². The summed E-state index contributed by atoms with van der Waals surface area (Å²) in [5, 5.41) is 11.2. The van der Waals surface area contributed by atoms with Crippen molar-refractivity contribution in [3.63, 3.8) is 0 Å². The van der Waals surface area contributed by atoms with Gasteiger partial charge in [0.05, 0.1) is 6.61 Å². The lowest BCUT2D eigenvalue weighted by Crippen LogP contribution is -2.32. The van der Waals surface area contributed by atoms with Crippen LogP contribution in [0, 0.1) is 0 Å². The van der Waals surface area contributed by atoms with Gasteiger partial charge in [-0.25, -0.2) is 0 Å². The SMILES string of the molecule is CN=C(NCCc1nc(-c2ccc(Cl)cc2)no1)Nc1cccc(OCCCOC)c1. The number of ether oxygens (including phenoxy) is 2. The van der Waals surface area contributed by atoms with Gasteiger partial charge in [0, 0.05) is 62.5 Å². The van der Waals surface area contributed by atoms with Gasteiger partial charge < -0.3 is 24.6 Å². The van der Waals surface area contributed by atoms with E-state index in [9.17, 15) is 0 Å². The second kappa shape index (κ2) is 11.9. The first-order valence-corrected chi connectivity index (χ1v) is 10.3. The van der Waals surface area contributed by atoms with Crippen LogP contribution in [0.5, 0.6) is 5.75 Å². The molecule has 2 aromatic carbocycles. The van der Waals surface area contributed by atoms with Gasteiger partial charge in [0.15, 0.2) is 5.96 Å². The molecule has 0 atom stereocenters. The van der Waals surface area contributed by atoms with Crippen LogP contribution in [0.3, 0.4) is 0 Å². The normalized spacial score (nSPS) is 11.4. The molecule has 0 aliphatic carbocycles. The van der Waals surface area contributed by atoms with E-state index >= 15 is 0 Å². The Morgan fingerprint density at radius 2 is 2.00 bits per heavy atom. The van der Waals surface area contributed by atoms with Crippen LogP contribution in [0.2, 0.25) is 5.02 Å². The molecule has 0 spiro atoms. The maximum absolute atomic E-state index is 5.92. The Kier molecular flexibility index (Phi) is 8.69. The molecule has 1 heterocycles. The molecule has 0 saturated carbocycles. The van der Waals surface area contributed by atoms with Crippen LogP contribution < -0.4 is 15.4 Å². The van der Waals surface area contributed by atoms with Gasteiger partial charge in [-0.2, -0.15) is 4.98 Å². The average molecular weight is 444 g/mol. The van der Waals surface area contributed by atoms with E-state index in [0.717, 1.165) is 23.4 Å². The summed E-state index contributed by atoms with van der Waals surface area (Å²) in [5.74, 6) is 2.50. The van der Waals surface area contributed by atoms with Crippen molar-refractivity contribution in [1.82, 2.24) is 15.5 Å². The number of aromatic nitrogens is 2. The molecule has 1 aromatic heterocycles. The lowest BCUT2D eigenvalue weighted by atomic mass is 10.2. The predicted molar refractivity (Wildman–Crippen MR) is 122 cm³/mol. The van der Waals surface area contributed by atoms with Crippen molar-refractivity contribution in [2.24, 2.45) is 4.99 Å². The number of nitrogens with zero attached hydrogens (tertiary/aromatic N) is 3. The molecular weight excluding hydrogens is 418 g/mol. The number of guanidine groups is 1. The second-order valence-electron chi connectivity index (χ2n) is 6.62. The van der Waals surface area contributed by atoms with Crippen LogP contribution in [-0.4, -0.2) is 50.0 Å². The van der Waals surface area contributed by atoms with Crippen molar-refractivity contribution in [1.29, 1.82) is 0 Å². The van der Waals surface area contributed by atoms with Crippen LogP contribution in [-0.2, 0) is 11.2 Å². The highest BCUT2D eigenvalue weighted by Crippen LogP contribution is 2.19. The van der Waals surface area contributed by atoms with Gasteiger partial charge in [-0.3, -0.25) is 4.99 Å². The number of methoxy groups -OCH3 is 1. The fourth-order valence-electron chi connectivity index (χ4n) is 2.73. The number of anilines is 1. The summed E-state index contributed by atoms with van der Waals surface area (Å²) < 4.78 is 16.1. The molecule has 2 N–H and O–H groups in total. The van der Waals surface area contributed by atoms with E-state index in [1.807, 2.05) is 36.4 Å². The van der Waals surface area contributed by atoms with Crippen LogP contribution >= 0.6 is 11.6 Å². The van der Waals surface area contributed by atoms with Crippen LogP contribution in [0.15, 0.2) is 58.0 Å². The smallest absolute Gasteiger partial charge is 0.228 e. The van der Waals surface area contributed by atoms with E-state index in [1.54, 1.807) is 26.3 Å². The first kappa shape index (κ1) is 22.6. The van der Waals surface area contributed by atoms with Gasteiger partial charge in [0.1, 0.15) is 5.75 Å². The van der Waals surface area contributed by atoms with Crippen molar-refractivity contribution in [3.8, 4) is 17.1 Å². The largest absolute Gasteiger partial charge is 0.493 e. The fraction of sp³-hybridized carbons (Fsp3) is 0.318. The van der Waals surface area contributed by atoms with E-state index in [4.69, 9.17) is 25.6 Å². The molecule has 9 heteroatoms. The molecule has 0 aliphatic heterocycles. The van der Waals surface area contributed by atoms with E-state index in [2.05, 4.69) is 25.8 Å². The number of hydrogen-bond donors (Lipinski definition) is 2. The molecule has 0 bridgehead atoms. The minimum Gasteiger partial charge on any atom is -0.493 e. The molecule has 0 saturated heterocycles. The third-order valence-corrected chi connectivity index (χ3v) is 4.54. The summed E-state index contributed by atoms with van der Waals surface area (Å²) in [4.78, 5) is 8.67. The molecule has 3 rings (SSSR count). The quantitative estimate of drug-likeness (QED) is 0.277. The van der Waals surface area contributed by atoms with E-state index in [-0.39, 0.29) is 0 Å². The van der Waals surface area contributed by atoms with Gasteiger partial charge in [0.2, 0.25) is 11.7 Å². The minimum atomic E-state index is 0.538. The highest BCUT2D eigenvalue weighted by Gasteiger charge is 2.09. The van der Waals surface area contributed by atoms with Crippen molar-refractivity contribution in [2.75, 3.05) is 39.2 Å². The summed E-state index contributed by atoms with van der Waals surface area (Å²) in [6, 6.07) is 15.0. The van der Waals surface area contributed by atoms with Gasteiger partial charge in [-0.05, 0) is 36.4 Å². The first-order chi connectivity index (χ1) is 15.2. The lowest BCUT2D eigenvalue weighted by Gasteiger charge is -2.12. The molecule has 8 nitrogen and oxygen atoms in total. The zero-order valence-electron chi connectivity index (χ0n) is 17.6. The Bertz CT molecular complexity index is 975. The molecule has 164 valence electrons. The molecule has 0 radical (unpaired) electrons. The average Bonchev–Trinajstić information content (AvgIpc) is 3.26. The highest BCUT2D eigenvalue weighted by atomic mass is 35.5. The monoisotopic (exact) mass is 443 g/mol. The first-order valence-electron chi connectivity index (χ1n) is 9.96. The van der Waals surface area contributed by atoms with Gasteiger partial charge in [0.25, 0.3) is 0 Å². The summed E-state index contributed by atoms with van der Waals surface area (Å²) >= 11 is 5.92. The van der Waals surface area contributed by atoms with Gasteiger partial charge in [-0.1, -0.05) is 22.8 Å². The van der Waals surface area contributed by atoms with Crippen LogP contribution in [0.1, 0.15) is 12.3 Å². The standard InChI is InChI=1S/C22H26ClN5O3/c1-24-22(26-18-5-3-6-19(15-18)30-14-4-13-29-2)25-12-11-20-27-21(28-31-20)16-7-9-17(23)10-8-16/h3,5-10,15H,4,11-14H2,1-2H3,(H2,24,25,26). The zero-order valence-corrected chi connectivity index (χ0v) is 18.4. The highest BCUT2D eigenvalue weighted by molar-refractivity contribution is 6.30. The van der Waals surface area contributed by atoms with E-state index < -0.39 is 0 Å². The molecule has 0 amide bonds. The molecule has 0 fully saturated rings. The second-order valence-corrected chi connectivity index (χ2v) is 7.05.